The zero-order valence-corrected chi connectivity index (χ0v) is 13.3. The first kappa shape index (κ1) is 17.6. The van der Waals surface area contributed by atoms with Crippen molar-refractivity contribution in [1.82, 2.24) is 14.5 Å². The minimum absolute atomic E-state index is 0.0625. The number of imidazole rings is 1. The summed E-state index contributed by atoms with van der Waals surface area (Å²) in [5.41, 5.74) is 0.479. The lowest BCUT2D eigenvalue weighted by molar-refractivity contribution is -0.132. The predicted octanol–water partition coefficient (Wildman–Crippen LogP) is 2.52. The molecule has 0 bridgehead atoms. The van der Waals surface area contributed by atoms with Gasteiger partial charge in [0.25, 0.3) is 5.91 Å². The second kappa shape index (κ2) is 7.67. The number of carbonyl (C=O) groups excluding carboxylic acids is 2. The van der Waals surface area contributed by atoms with Crippen molar-refractivity contribution < 1.29 is 23.1 Å². The molecule has 0 aliphatic carbocycles. The Morgan fingerprint density at radius 1 is 1.38 bits per heavy atom. The summed E-state index contributed by atoms with van der Waals surface area (Å²) in [6, 6.07) is 6.47. The van der Waals surface area contributed by atoms with Crippen LogP contribution in [-0.4, -0.2) is 39.8 Å². The van der Waals surface area contributed by atoms with Crippen LogP contribution in [0.2, 0.25) is 0 Å². The van der Waals surface area contributed by atoms with E-state index in [1.165, 1.54) is 25.1 Å². The van der Waals surface area contributed by atoms with Gasteiger partial charge in [-0.2, -0.15) is 8.78 Å². The SMILES string of the molecule is CC(=O)c1cccc(OCC(=O)N(C)Cc2nccn2C(F)F)c1. The number of carbonyl (C=O) groups is 2. The first-order valence-electron chi connectivity index (χ1n) is 7.16. The highest BCUT2D eigenvalue weighted by atomic mass is 19.3. The van der Waals surface area contributed by atoms with Crippen LogP contribution in [0.1, 0.15) is 29.7 Å². The third kappa shape index (κ3) is 4.37. The summed E-state index contributed by atoms with van der Waals surface area (Å²) in [6.45, 7) is -1.61. The molecule has 0 N–H and O–H groups in total. The topological polar surface area (TPSA) is 64.4 Å². The van der Waals surface area contributed by atoms with Gasteiger partial charge in [0.1, 0.15) is 11.6 Å². The molecule has 0 aliphatic heterocycles. The lowest BCUT2D eigenvalue weighted by Crippen LogP contribution is -2.32. The number of benzene rings is 1. The number of hydrogen-bond donors (Lipinski definition) is 0. The highest BCUT2D eigenvalue weighted by Crippen LogP contribution is 2.15. The van der Waals surface area contributed by atoms with Crippen LogP contribution in [0, 0.1) is 0 Å². The van der Waals surface area contributed by atoms with Crippen LogP contribution in [-0.2, 0) is 11.3 Å². The van der Waals surface area contributed by atoms with Gasteiger partial charge < -0.3 is 9.64 Å². The standard InChI is InChI=1S/C16H17F2N3O3/c1-11(22)12-4-3-5-13(8-12)24-10-15(23)20(2)9-14-19-6-7-21(14)16(17)18/h3-8,16H,9-10H2,1-2H3. The fraction of sp³-hybridized carbons (Fsp3) is 0.312. The average Bonchev–Trinajstić information content (AvgIpc) is 3.01. The third-order valence-corrected chi connectivity index (χ3v) is 3.37. The second-order valence-electron chi connectivity index (χ2n) is 5.15. The highest BCUT2D eigenvalue weighted by Gasteiger charge is 2.16. The van der Waals surface area contributed by atoms with E-state index in [2.05, 4.69) is 4.98 Å². The van der Waals surface area contributed by atoms with E-state index in [0.29, 0.717) is 15.9 Å². The quantitative estimate of drug-likeness (QED) is 0.728. The van der Waals surface area contributed by atoms with Crippen LogP contribution in [0.15, 0.2) is 36.7 Å². The average molecular weight is 337 g/mol. The Morgan fingerprint density at radius 3 is 2.79 bits per heavy atom. The number of ketones is 1. The number of hydrogen-bond acceptors (Lipinski definition) is 4. The van der Waals surface area contributed by atoms with E-state index < -0.39 is 12.5 Å². The minimum atomic E-state index is -2.71. The number of aromatic nitrogens is 2. The monoisotopic (exact) mass is 337 g/mol. The van der Waals surface area contributed by atoms with Gasteiger partial charge in [-0.3, -0.25) is 14.2 Å². The third-order valence-electron chi connectivity index (χ3n) is 3.37. The van der Waals surface area contributed by atoms with Gasteiger partial charge in [0, 0.05) is 25.0 Å². The van der Waals surface area contributed by atoms with E-state index in [9.17, 15) is 18.4 Å². The lowest BCUT2D eigenvalue weighted by atomic mass is 10.1. The number of likely N-dealkylation sites (N-methyl/N-ethyl adjacent to an activating group) is 1. The first-order valence-corrected chi connectivity index (χ1v) is 7.16. The van der Waals surface area contributed by atoms with Crippen molar-refractivity contribution in [2.45, 2.75) is 20.0 Å². The maximum absolute atomic E-state index is 12.8. The van der Waals surface area contributed by atoms with Gasteiger partial charge >= 0.3 is 6.55 Å². The zero-order chi connectivity index (χ0) is 17.7. The Hall–Kier alpha value is -2.77. The molecule has 0 fully saturated rings. The van der Waals surface area contributed by atoms with Crippen LogP contribution in [0.25, 0.3) is 0 Å². The van der Waals surface area contributed by atoms with Crippen molar-refractivity contribution in [1.29, 1.82) is 0 Å². The minimum Gasteiger partial charge on any atom is -0.484 e. The largest absolute Gasteiger partial charge is 0.484 e. The summed E-state index contributed by atoms with van der Waals surface area (Å²) in [4.78, 5) is 28.4. The van der Waals surface area contributed by atoms with Crippen molar-refractivity contribution in [3.8, 4) is 5.75 Å². The van der Waals surface area contributed by atoms with Gasteiger partial charge in [-0.1, -0.05) is 12.1 Å². The lowest BCUT2D eigenvalue weighted by Gasteiger charge is -2.18. The number of ether oxygens (including phenoxy) is 1. The molecular weight excluding hydrogens is 320 g/mol. The molecule has 24 heavy (non-hydrogen) atoms. The van der Waals surface area contributed by atoms with Crippen molar-refractivity contribution in [2.24, 2.45) is 0 Å². The smallest absolute Gasteiger partial charge is 0.319 e. The van der Waals surface area contributed by atoms with Crippen molar-refractivity contribution in [3.05, 3.63) is 48.0 Å². The molecule has 0 aliphatic rings. The van der Waals surface area contributed by atoms with Crippen molar-refractivity contribution >= 4 is 11.7 Å². The highest BCUT2D eigenvalue weighted by molar-refractivity contribution is 5.94. The molecule has 0 radical (unpaired) electrons. The van der Waals surface area contributed by atoms with E-state index in [0.717, 1.165) is 6.20 Å². The van der Waals surface area contributed by atoms with E-state index >= 15 is 0 Å². The maximum atomic E-state index is 12.8. The summed E-state index contributed by atoms with van der Waals surface area (Å²) in [5.74, 6) is -0.0345. The van der Waals surface area contributed by atoms with E-state index in [1.54, 1.807) is 24.3 Å². The van der Waals surface area contributed by atoms with E-state index in [-0.39, 0.29) is 24.8 Å². The molecule has 1 aromatic carbocycles. The molecule has 0 unspecified atom stereocenters. The molecule has 2 aromatic rings. The fourth-order valence-corrected chi connectivity index (χ4v) is 2.00. The van der Waals surface area contributed by atoms with Gasteiger partial charge in [-0.05, 0) is 19.1 Å². The van der Waals surface area contributed by atoms with Crippen LogP contribution in [0.4, 0.5) is 8.78 Å². The maximum Gasteiger partial charge on any atom is 0.319 e. The Balaban J connectivity index is 1.93. The molecule has 1 aromatic heterocycles. The number of rotatable bonds is 7. The summed E-state index contributed by atoms with van der Waals surface area (Å²) in [6.07, 6.45) is 2.41. The van der Waals surface area contributed by atoms with Crippen molar-refractivity contribution in [2.75, 3.05) is 13.7 Å². The molecule has 6 nitrogen and oxygen atoms in total. The first-order chi connectivity index (χ1) is 11.4. The molecule has 0 saturated heterocycles. The number of Topliss-reactive ketones (excluding diaryl/α,β-unsaturated/α-hetero) is 1. The molecule has 0 spiro atoms. The summed E-state index contributed by atoms with van der Waals surface area (Å²) >= 11 is 0. The normalized spacial score (nSPS) is 10.7. The molecule has 0 saturated carbocycles. The summed E-state index contributed by atoms with van der Waals surface area (Å²) in [5, 5.41) is 0. The summed E-state index contributed by atoms with van der Waals surface area (Å²) < 4.78 is 31.6. The molecule has 1 heterocycles. The number of nitrogens with zero attached hydrogens (tertiary/aromatic N) is 3. The Bertz CT molecular complexity index is 731. The molecule has 128 valence electrons. The fourth-order valence-electron chi connectivity index (χ4n) is 2.00. The van der Waals surface area contributed by atoms with Crippen LogP contribution >= 0.6 is 0 Å². The van der Waals surface area contributed by atoms with Gasteiger partial charge in [-0.25, -0.2) is 4.98 Å². The Morgan fingerprint density at radius 2 is 2.12 bits per heavy atom. The predicted molar refractivity (Wildman–Crippen MR) is 81.9 cm³/mol. The summed E-state index contributed by atoms with van der Waals surface area (Å²) in [7, 11) is 1.47. The van der Waals surface area contributed by atoms with Crippen LogP contribution in [0.3, 0.4) is 0 Å². The number of amides is 1. The van der Waals surface area contributed by atoms with Crippen LogP contribution in [0.5, 0.6) is 5.75 Å². The van der Waals surface area contributed by atoms with Gasteiger partial charge in [-0.15, -0.1) is 0 Å². The molecule has 2 rings (SSSR count). The zero-order valence-electron chi connectivity index (χ0n) is 13.3. The van der Waals surface area contributed by atoms with Gasteiger partial charge in [0.15, 0.2) is 12.4 Å². The molecule has 0 atom stereocenters. The van der Waals surface area contributed by atoms with Gasteiger partial charge in [0.05, 0.1) is 6.54 Å². The van der Waals surface area contributed by atoms with Crippen molar-refractivity contribution in [3.63, 3.8) is 0 Å². The van der Waals surface area contributed by atoms with E-state index in [4.69, 9.17) is 4.74 Å². The molecule has 1 amide bonds. The second-order valence-corrected chi connectivity index (χ2v) is 5.15. The molecular formula is C16H17F2N3O3. The van der Waals surface area contributed by atoms with Crippen LogP contribution < -0.4 is 4.74 Å². The van der Waals surface area contributed by atoms with Gasteiger partial charge in [0.2, 0.25) is 0 Å². The molecule has 8 heteroatoms. The Kier molecular flexibility index (Phi) is 5.62. The van der Waals surface area contributed by atoms with E-state index in [1.807, 2.05) is 0 Å². The number of alkyl halides is 2. The Labute approximate surface area is 137 Å². The number of halogens is 2.